The second kappa shape index (κ2) is 11.8. The number of amides is 2. The Balaban J connectivity index is 1.38. The highest BCUT2D eigenvalue weighted by atomic mass is 32.1. The lowest BCUT2D eigenvalue weighted by molar-refractivity contribution is -0.140. The number of hydrogen-bond acceptors (Lipinski definition) is 7. The molecule has 2 atom stereocenters. The molecule has 2 N–H and O–H groups in total. The first-order valence-electron chi connectivity index (χ1n) is 11.7. The number of pyridine rings is 1. The Bertz CT molecular complexity index is 1100. The molecule has 2 unspecified atom stereocenters. The van der Waals surface area contributed by atoms with Gasteiger partial charge in [-0.25, -0.2) is 0 Å². The molecule has 35 heavy (non-hydrogen) atoms. The third-order valence-corrected chi connectivity index (χ3v) is 7.11. The van der Waals surface area contributed by atoms with Crippen molar-refractivity contribution in [3.8, 4) is 5.75 Å². The van der Waals surface area contributed by atoms with Gasteiger partial charge in [-0.05, 0) is 42.6 Å². The number of carbonyl (C=O) groups is 2. The van der Waals surface area contributed by atoms with Crippen LogP contribution in [0.1, 0.15) is 23.5 Å². The van der Waals surface area contributed by atoms with E-state index >= 15 is 0 Å². The monoisotopic (exact) mass is 493 g/mol. The van der Waals surface area contributed by atoms with Crippen LogP contribution in [0.5, 0.6) is 5.75 Å². The zero-order valence-corrected chi connectivity index (χ0v) is 20.8. The van der Waals surface area contributed by atoms with Gasteiger partial charge in [0.2, 0.25) is 0 Å². The number of anilines is 1. The van der Waals surface area contributed by atoms with Gasteiger partial charge in [-0.3, -0.25) is 19.5 Å². The molecule has 0 aliphatic carbocycles. The Morgan fingerprint density at radius 2 is 1.80 bits per heavy atom. The van der Waals surface area contributed by atoms with Crippen LogP contribution in [0.4, 0.5) is 5.69 Å². The minimum atomic E-state index is -0.659. The highest BCUT2D eigenvalue weighted by Gasteiger charge is 2.32. The molecule has 1 aliphatic rings. The number of nitrogens with zero attached hydrogens (tertiary/aromatic N) is 3. The van der Waals surface area contributed by atoms with E-state index in [-0.39, 0.29) is 18.6 Å². The Morgan fingerprint density at radius 1 is 1.03 bits per heavy atom. The zero-order valence-electron chi connectivity index (χ0n) is 20.0. The summed E-state index contributed by atoms with van der Waals surface area (Å²) in [5, 5.41) is 7.62. The molecule has 0 saturated carbocycles. The van der Waals surface area contributed by atoms with Crippen molar-refractivity contribution in [1.29, 1.82) is 0 Å². The quantitative estimate of drug-likeness (QED) is 0.470. The lowest BCUT2D eigenvalue weighted by Crippen LogP contribution is -2.53. The van der Waals surface area contributed by atoms with Gasteiger partial charge in [-0.15, -0.1) is 11.3 Å². The van der Waals surface area contributed by atoms with Crippen LogP contribution in [0.25, 0.3) is 0 Å². The van der Waals surface area contributed by atoms with Gasteiger partial charge in [-0.1, -0.05) is 24.3 Å². The predicted molar refractivity (Wildman–Crippen MR) is 138 cm³/mol. The predicted octanol–water partition coefficient (Wildman–Crippen LogP) is 2.84. The van der Waals surface area contributed by atoms with Crippen molar-refractivity contribution >= 4 is 28.8 Å². The van der Waals surface area contributed by atoms with Crippen LogP contribution in [-0.4, -0.2) is 61.0 Å². The summed E-state index contributed by atoms with van der Waals surface area (Å²) < 4.78 is 5.54. The molecule has 2 aromatic heterocycles. The molecule has 1 aliphatic heterocycles. The number of piperazine rings is 1. The van der Waals surface area contributed by atoms with E-state index in [0.29, 0.717) is 5.69 Å². The Kier molecular flexibility index (Phi) is 8.33. The van der Waals surface area contributed by atoms with Crippen molar-refractivity contribution < 1.29 is 14.3 Å². The third kappa shape index (κ3) is 6.17. The number of para-hydroxylation sites is 2. The number of hydrogen-bond donors (Lipinski definition) is 2. The molecule has 184 valence electrons. The highest BCUT2D eigenvalue weighted by molar-refractivity contribution is 7.10. The molecular weight excluding hydrogens is 462 g/mol. The van der Waals surface area contributed by atoms with Crippen LogP contribution in [-0.2, 0) is 16.1 Å². The van der Waals surface area contributed by atoms with E-state index in [4.69, 9.17) is 4.74 Å². The molecule has 9 heteroatoms. The summed E-state index contributed by atoms with van der Waals surface area (Å²) in [6.45, 7) is 5.50. The number of rotatable bonds is 8. The van der Waals surface area contributed by atoms with Crippen molar-refractivity contribution in [3.63, 3.8) is 0 Å². The average Bonchev–Trinajstić information content (AvgIpc) is 3.42. The van der Waals surface area contributed by atoms with E-state index < -0.39 is 11.8 Å². The number of benzene rings is 1. The van der Waals surface area contributed by atoms with Gasteiger partial charge < -0.3 is 20.3 Å². The van der Waals surface area contributed by atoms with Crippen LogP contribution < -0.4 is 20.3 Å². The standard InChI is InChI=1S/C26H31N5O3S/c1-19(29-26(33)25(32)28-18-20-8-5-6-12-27-20)24(23-11-7-17-35-23)31-15-13-30(14-16-31)21-9-3-4-10-22(21)34-2/h3-12,17,19,24H,13-16,18H2,1-2H3,(H,28,32)(H,29,33). The Hall–Kier alpha value is -3.43. The SMILES string of the molecule is COc1ccccc1N1CCN(C(c2cccs2)C(C)NC(=O)C(=O)NCc2ccccn2)CC1. The maximum Gasteiger partial charge on any atom is 0.309 e. The molecule has 8 nitrogen and oxygen atoms in total. The lowest BCUT2D eigenvalue weighted by Gasteiger charge is -2.42. The normalized spacial score (nSPS) is 15.8. The van der Waals surface area contributed by atoms with Gasteiger partial charge in [0.25, 0.3) is 0 Å². The maximum atomic E-state index is 12.7. The summed E-state index contributed by atoms with van der Waals surface area (Å²) in [7, 11) is 1.69. The Morgan fingerprint density at radius 3 is 2.49 bits per heavy atom. The van der Waals surface area contributed by atoms with Crippen LogP contribution >= 0.6 is 11.3 Å². The van der Waals surface area contributed by atoms with Gasteiger partial charge in [0.1, 0.15) is 5.75 Å². The molecule has 2 amide bonds. The summed E-state index contributed by atoms with van der Waals surface area (Å²) in [6.07, 6.45) is 1.66. The number of ether oxygens (including phenoxy) is 1. The van der Waals surface area contributed by atoms with Gasteiger partial charge in [-0.2, -0.15) is 0 Å². The minimum Gasteiger partial charge on any atom is -0.495 e. The molecular formula is C26H31N5O3S. The number of methoxy groups -OCH3 is 1. The number of nitrogens with one attached hydrogen (secondary N) is 2. The van der Waals surface area contributed by atoms with Gasteiger partial charge >= 0.3 is 11.8 Å². The van der Waals surface area contributed by atoms with Crippen molar-refractivity contribution in [2.24, 2.45) is 0 Å². The van der Waals surface area contributed by atoms with E-state index in [2.05, 4.69) is 37.6 Å². The van der Waals surface area contributed by atoms with Gasteiger partial charge in [0.15, 0.2) is 0 Å². The van der Waals surface area contributed by atoms with E-state index in [1.54, 1.807) is 36.8 Å². The minimum absolute atomic E-state index is 0.0256. The average molecular weight is 494 g/mol. The first-order chi connectivity index (χ1) is 17.1. The van der Waals surface area contributed by atoms with E-state index in [0.717, 1.165) is 42.5 Å². The van der Waals surface area contributed by atoms with Crippen molar-refractivity contribution in [1.82, 2.24) is 20.5 Å². The number of carbonyl (C=O) groups excluding carboxylic acids is 2. The molecule has 0 spiro atoms. The van der Waals surface area contributed by atoms with Gasteiger partial charge in [0.05, 0.1) is 31.1 Å². The molecule has 0 bridgehead atoms. The first kappa shape index (κ1) is 24.7. The van der Waals surface area contributed by atoms with Crippen LogP contribution in [0.2, 0.25) is 0 Å². The van der Waals surface area contributed by atoms with Gasteiger partial charge in [0, 0.05) is 43.3 Å². The summed E-state index contributed by atoms with van der Waals surface area (Å²) in [6, 6.07) is 17.3. The summed E-state index contributed by atoms with van der Waals surface area (Å²) in [5.41, 5.74) is 1.79. The second-order valence-corrected chi connectivity index (χ2v) is 9.40. The fourth-order valence-electron chi connectivity index (χ4n) is 4.44. The molecule has 1 saturated heterocycles. The van der Waals surface area contributed by atoms with Crippen molar-refractivity contribution in [2.75, 3.05) is 38.2 Å². The lowest BCUT2D eigenvalue weighted by atomic mass is 10.0. The zero-order chi connectivity index (χ0) is 24.6. The molecule has 4 rings (SSSR count). The van der Waals surface area contributed by atoms with Crippen LogP contribution in [0, 0.1) is 0 Å². The van der Waals surface area contributed by atoms with Crippen LogP contribution in [0.3, 0.4) is 0 Å². The third-order valence-electron chi connectivity index (χ3n) is 6.16. The van der Waals surface area contributed by atoms with E-state index in [1.165, 1.54) is 0 Å². The highest BCUT2D eigenvalue weighted by Crippen LogP contribution is 2.32. The molecule has 3 heterocycles. The summed E-state index contributed by atoms with van der Waals surface area (Å²) in [4.78, 5) is 35.1. The maximum absolute atomic E-state index is 12.7. The second-order valence-electron chi connectivity index (χ2n) is 8.42. The first-order valence-corrected chi connectivity index (χ1v) is 12.6. The molecule has 0 radical (unpaired) electrons. The molecule has 3 aromatic rings. The van der Waals surface area contributed by atoms with Crippen molar-refractivity contribution in [3.05, 3.63) is 76.7 Å². The smallest absolute Gasteiger partial charge is 0.309 e. The Labute approximate surface area is 209 Å². The number of thiophene rings is 1. The van der Waals surface area contributed by atoms with Crippen molar-refractivity contribution in [2.45, 2.75) is 25.6 Å². The fourth-order valence-corrected chi connectivity index (χ4v) is 5.40. The number of aromatic nitrogens is 1. The fraction of sp³-hybridized carbons (Fsp3) is 0.346. The summed E-state index contributed by atoms with van der Waals surface area (Å²) >= 11 is 1.66. The molecule has 1 aromatic carbocycles. The van der Waals surface area contributed by atoms with Crippen LogP contribution in [0.15, 0.2) is 66.2 Å². The topological polar surface area (TPSA) is 86.8 Å². The van der Waals surface area contributed by atoms with E-state index in [9.17, 15) is 9.59 Å². The largest absolute Gasteiger partial charge is 0.495 e. The molecule has 1 fully saturated rings. The summed E-state index contributed by atoms with van der Waals surface area (Å²) in [5.74, 6) is -0.427. The van der Waals surface area contributed by atoms with E-state index in [1.807, 2.05) is 42.6 Å².